The number of rotatable bonds is 7. The van der Waals surface area contributed by atoms with Crippen LogP contribution in [0.1, 0.15) is 41.6 Å². The first-order valence-corrected chi connectivity index (χ1v) is 10.4. The lowest BCUT2D eigenvalue weighted by atomic mass is 9.96. The van der Waals surface area contributed by atoms with Crippen LogP contribution in [-0.4, -0.2) is 36.5 Å². The van der Waals surface area contributed by atoms with Gasteiger partial charge in [0.05, 0.1) is 11.4 Å². The van der Waals surface area contributed by atoms with Gasteiger partial charge in [0.25, 0.3) is 5.91 Å². The molecule has 1 aliphatic heterocycles. The molecule has 0 unspecified atom stereocenters. The van der Waals surface area contributed by atoms with E-state index in [1.54, 1.807) is 6.07 Å². The van der Waals surface area contributed by atoms with Crippen molar-refractivity contribution >= 4 is 17.3 Å². The molecule has 1 heterocycles. The second-order valence-corrected chi connectivity index (χ2v) is 8.14. The summed E-state index contributed by atoms with van der Waals surface area (Å²) in [6, 6.07) is 16.0. The Labute approximate surface area is 167 Å². The van der Waals surface area contributed by atoms with Crippen LogP contribution >= 0.6 is 0 Å². The quantitative estimate of drug-likeness (QED) is 0.645. The highest BCUT2D eigenvalue weighted by atomic mass is 16.1. The number of nitrogens with two attached hydrogens (primary N) is 1. The number of hydrogen-bond acceptors (Lipinski definition) is 4. The van der Waals surface area contributed by atoms with E-state index in [0.29, 0.717) is 16.9 Å². The molecule has 1 amide bonds. The zero-order valence-corrected chi connectivity index (χ0v) is 16.4. The first-order valence-electron chi connectivity index (χ1n) is 10.4. The third-order valence-electron chi connectivity index (χ3n) is 5.81. The van der Waals surface area contributed by atoms with Crippen molar-refractivity contribution in [2.75, 3.05) is 30.7 Å². The lowest BCUT2D eigenvalue weighted by Gasteiger charge is -2.32. The number of benzene rings is 2. The van der Waals surface area contributed by atoms with Gasteiger partial charge >= 0.3 is 0 Å². The first-order chi connectivity index (χ1) is 13.7. The number of carbonyl (C=O) groups excluding carboxylic acids is 1. The fourth-order valence-electron chi connectivity index (χ4n) is 3.79. The summed E-state index contributed by atoms with van der Waals surface area (Å²) in [6.07, 6.45) is 5.29. The molecule has 4 rings (SSSR count). The minimum Gasteiger partial charge on any atom is -0.397 e. The smallest absolute Gasteiger partial charge is 0.255 e. The van der Waals surface area contributed by atoms with Crippen LogP contribution in [0.15, 0.2) is 48.5 Å². The Morgan fingerprint density at radius 1 is 1.00 bits per heavy atom. The SMILES string of the molecule is Nc1ccccc1NC(=O)c1ccc(CN2CCC(CNC3CC3)CC2)cc1. The van der Waals surface area contributed by atoms with Crippen LogP contribution in [0.5, 0.6) is 0 Å². The van der Waals surface area contributed by atoms with Gasteiger partial charge in [-0.2, -0.15) is 0 Å². The van der Waals surface area contributed by atoms with Gasteiger partial charge in [0.1, 0.15) is 0 Å². The van der Waals surface area contributed by atoms with Crippen LogP contribution in [0.2, 0.25) is 0 Å². The summed E-state index contributed by atoms with van der Waals surface area (Å²) in [6.45, 7) is 4.46. The molecular formula is C23H30N4O. The highest BCUT2D eigenvalue weighted by Gasteiger charge is 2.24. The Balaban J connectivity index is 1.25. The Morgan fingerprint density at radius 2 is 1.71 bits per heavy atom. The van der Waals surface area contributed by atoms with Crippen LogP contribution < -0.4 is 16.4 Å². The zero-order valence-electron chi connectivity index (χ0n) is 16.4. The average Bonchev–Trinajstić information content (AvgIpc) is 3.54. The molecule has 2 aromatic carbocycles. The minimum atomic E-state index is -0.131. The van der Waals surface area contributed by atoms with E-state index in [9.17, 15) is 4.79 Å². The van der Waals surface area contributed by atoms with Gasteiger partial charge < -0.3 is 16.4 Å². The maximum Gasteiger partial charge on any atom is 0.255 e. The van der Waals surface area contributed by atoms with Crippen molar-refractivity contribution < 1.29 is 4.79 Å². The number of nitrogens with one attached hydrogen (secondary N) is 2. The van der Waals surface area contributed by atoms with Crippen LogP contribution in [0.25, 0.3) is 0 Å². The van der Waals surface area contributed by atoms with Crippen LogP contribution in [-0.2, 0) is 6.54 Å². The summed E-state index contributed by atoms with van der Waals surface area (Å²) in [5.41, 5.74) is 9.02. The molecule has 2 fully saturated rings. The van der Waals surface area contributed by atoms with Crippen LogP contribution in [0, 0.1) is 5.92 Å². The van der Waals surface area contributed by atoms with Crippen molar-refractivity contribution in [1.82, 2.24) is 10.2 Å². The molecular weight excluding hydrogens is 348 g/mol. The lowest BCUT2D eigenvalue weighted by molar-refractivity contribution is 0.102. The van der Waals surface area contributed by atoms with E-state index in [2.05, 4.69) is 27.7 Å². The van der Waals surface area contributed by atoms with Crippen LogP contribution in [0.3, 0.4) is 0 Å². The molecule has 148 valence electrons. The van der Waals surface area contributed by atoms with Gasteiger partial charge in [-0.15, -0.1) is 0 Å². The first kappa shape index (κ1) is 19.0. The number of nitrogens with zero attached hydrogens (tertiary/aromatic N) is 1. The molecule has 5 heteroatoms. The third-order valence-corrected chi connectivity index (χ3v) is 5.81. The summed E-state index contributed by atoms with van der Waals surface area (Å²) in [5.74, 6) is 0.696. The molecule has 4 N–H and O–H groups in total. The van der Waals surface area contributed by atoms with Gasteiger partial charge in [-0.3, -0.25) is 9.69 Å². The fourth-order valence-corrected chi connectivity index (χ4v) is 3.79. The van der Waals surface area contributed by atoms with E-state index in [-0.39, 0.29) is 5.91 Å². The number of para-hydroxylation sites is 2. The van der Waals surface area contributed by atoms with E-state index in [0.717, 1.165) is 31.6 Å². The Bertz CT molecular complexity index is 793. The van der Waals surface area contributed by atoms with Gasteiger partial charge in [0.15, 0.2) is 0 Å². The standard InChI is InChI=1S/C23H30N4O/c24-21-3-1-2-4-22(21)26-23(28)19-7-5-18(6-8-19)16-27-13-11-17(12-14-27)15-25-20-9-10-20/h1-8,17,20,25H,9-16,24H2,(H,26,28). The van der Waals surface area contributed by atoms with Crippen molar-refractivity contribution in [1.29, 1.82) is 0 Å². The second kappa shape index (κ2) is 8.76. The maximum atomic E-state index is 12.4. The molecule has 0 spiro atoms. The van der Waals surface area contributed by atoms with Gasteiger partial charge in [-0.25, -0.2) is 0 Å². The number of amides is 1. The van der Waals surface area contributed by atoms with Crippen molar-refractivity contribution in [2.24, 2.45) is 5.92 Å². The van der Waals surface area contributed by atoms with Crippen molar-refractivity contribution in [3.63, 3.8) is 0 Å². The number of carbonyl (C=O) groups is 1. The summed E-state index contributed by atoms with van der Waals surface area (Å²) < 4.78 is 0. The fraction of sp³-hybridized carbons (Fsp3) is 0.435. The Kier molecular flexibility index (Phi) is 5.93. The highest BCUT2D eigenvalue weighted by molar-refractivity contribution is 6.05. The van der Waals surface area contributed by atoms with Crippen molar-refractivity contribution in [3.05, 3.63) is 59.7 Å². The largest absolute Gasteiger partial charge is 0.397 e. The van der Waals surface area contributed by atoms with E-state index < -0.39 is 0 Å². The van der Waals surface area contributed by atoms with E-state index in [1.165, 1.54) is 37.8 Å². The number of likely N-dealkylation sites (tertiary alicyclic amines) is 1. The maximum absolute atomic E-state index is 12.4. The molecule has 1 aliphatic carbocycles. The number of piperidine rings is 1. The summed E-state index contributed by atoms with van der Waals surface area (Å²) in [4.78, 5) is 15.0. The predicted molar refractivity (Wildman–Crippen MR) is 114 cm³/mol. The molecule has 0 aromatic heterocycles. The van der Waals surface area contributed by atoms with Gasteiger partial charge in [0, 0.05) is 18.2 Å². The minimum absolute atomic E-state index is 0.131. The van der Waals surface area contributed by atoms with Gasteiger partial charge in [-0.05, 0) is 81.1 Å². The normalized spacial score (nSPS) is 18.1. The topological polar surface area (TPSA) is 70.4 Å². The molecule has 2 aromatic rings. The monoisotopic (exact) mass is 378 g/mol. The van der Waals surface area contributed by atoms with E-state index in [1.807, 2.05) is 30.3 Å². The van der Waals surface area contributed by atoms with E-state index >= 15 is 0 Å². The molecule has 5 nitrogen and oxygen atoms in total. The Morgan fingerprint density at radius 3 is 2.39 bits per heavy atom. The average molecular weight is 379 g/mol. The summed E-state index contributed by atoms with van der Waals surface area (Å²) in [7, 11) is 0. The number of anilines is 2. The molecule has 0 bridgehead atoms. The predicted octanol–water partition coefficient (Wildman–Crippen LogP) is 3.49. The third kappa shape index (κ3) is 5.12. The second-order valence-electron chi connectivity index (χ2n) is 8.14. The van der Waals surface area contributed by atoms with Crippen molar-refractivity contribution in [2.45, 2.75) is 38.3 Å². The van der Waals surface area contributed by atoms with Gasteiger partial charge in [0.2, 0.25) is 0 Å². The molecule has 28 heavy (non-hydrogen) atoms. The zero-order chi connectivity index (χ0) is 19.3. The molecule has 0 radical (unpaired) electrons. The summed E-state index contributed by atoms with van der Waals surface area (Å²) in [5, 5.41) is 6.54. The molecule has 2 aliphatic rings. The van der Waals surface area contributed by atoms with Crippen LogP contribution in [0.4, 0.5) is 11.4 Å². The molecule has 0 atom stereocenters. The number of nitrogen functional groups attached to an aromatic ring is 1. The number of hydrogen-bond donors (Lipinski definition) is 3. The lowest BCUT2D eigenvalue weighted by Crippen LogP contribution is -2.37. The molecule has 1 saturated heterocycles. The molecule has 1 saturated carbocycles. The van der Waals surface area contributed by atoms with E-state index in [4.69, 9.17) is 5.73 Å². The Hall–Kier alpha value is -2.37. The highest BCUT2D eigenvalue weighted by Crippen LogP contribution is 2.23. The van der Waals surface area contributed by atoms with Gasteiger partial charge in [-0.1, -0.05) is 24.3 Å². The summed E-state index contributed by atoms with van der Waals surface area (Å²) >= 11 is 0. The van der Waals surface area contributed by atoms with Crippen molar-refractivity contribution in [3.8, 4) is 0 Å².